The second-order valence-corrected chi connectivity index (χ2v) is 6.90. The average molecular weight is 376 g/mol. The molecule has 0 fully saturated rings. The van der Waals surface area contributed by atoms with Gasteiger partial charge < -0.3 is 14.6 Å². The third-order valence-corrected chi connectivity index (χ3v) is 5.02. The third kappa shape index (κ3) is 2.97. The van der Waals surface area contributed by atoms with Crippen molar-refractivity contribution in [3.63, 3.8) is 0 Å². The third-order valence-electron chi connectivity index (χ3n) is 5.02. The highest BCUT2D eigenvalue weighted by atomic mass is 16.5. The first-order chi connectivity index (χ1) is 13.5. The molecule has 0 saturated carbocycles. The summed E-state index contributed by atoms with van der Waals surface area (Å²) < 4.78 is 6.95. The minimum absolute atomic E-state index is 0.105. The number of para-hydroxylation sites is 1. The lowest BCUT2D eigenvalue weighted by molar-refractivity contribution is 0.0526. The number of ether oxygens (including phenoxy) is 1. The molecule has 0 saturated heterocycles. The molecule has 6 heteroatoms. The van der Waals surface area contributed by atoms with E-state index >= 15 is 0 Å². The number of amides is 1. The molecule has 0 radical (unpaired) electrons. The Morgan fingerprint density at radius 2 is 1.93 bits per heavy atom. The van der Waals surface area contributed by atoms with Crippen LogP contribution in [0.2, 0.25) is 0 Å². The number of hydrogen-bond acceptors (Lipinski definition) is 4. The van der Waals surface area contributed by atoms with Gasteiger partial charge in [-0.1, -0.05) is 12.1 Å². The van der Waals surface area contributed by atoms with Gasteiger partial charge in [-0.15, -0.1) is 0 Å². The molecule has 1 amide bonds. The fraction of sp³-hybridized carbons (Fsp3) is 0.227. The fourth-order valence-corrected chi connectivity index (χ4v) is 3.68. The molecule has 6 nitrogen and oxygen atoms in total. The van der Waals surface area contributed by atoms with Crippen LogP contribution < -0.4 is 10.7 Å². The van der Waals surface area contributed by atoms with Crippen molar-refractivity contribution in [2.24, 2.45) is 0 Å². The van der Waals surface area contributed by atoms with Gasteiger partial charge in [-0.3, -0.25) is 9.59 Å². The normalized spacial score (nSPS) is 14.9. The lowest BCUT2D eigenvalue weighted by Crippen LogP contribution is -2.23. The molecule has 4 rings (SSSR count). The predicted octanol–water partition coefficient (Wildman–Crippen LogP) is 3.55. The summed E-state index contributed by atoms with van der Waals surface area (Å²) in [6, 6.07) is 12.2. The van der Waals surface area contributed by atoms with Gasteiger partial charge in [0.05, 0.1) is 17.7 Å². The van der Waals surface area contributed by atoms with Crippen molar-refractivity contribution in [2.45, 2.75) is 26.3 Å². The van der Waals surface area contributed by atoms with Crippen LogP contribution in [0.4, 0.5) is 5.69 Å². The molecule has 2 heterocycles. The largest absolute Gasteiger partial charge is 0.462 e. The van der Waals surface area contributed by atoms with Crippen molar-refractivity contribution in [1.82, 2.24) is 4.57 Å². The van der Waals surface area contributed by atoms with Crippen molar-refractivity contribution < 1.29 is 14.3 Å². The molecular weight excluding hydrogens is 356 g/mol. The molecule has 1 aliphatic rings. The molecule has 0 spiro atoms. The van der Waals surface area contributed by atoms with E-state index in [1.54, 1.807) is 43.5 Å². The maximum absolute atomic E-state index is 12.9. The number of aromatic nitrogens is 1. The Bertz CT molecular complexity index is 1150. The van der Waals surface area contributed by atoms with Gasteiger partial charge in [-0.05, 0) is 56.2 Å². The first kappa shape index (κ1) is 18.0. The number of nitrogens with zero attached hydrogens (tertiary/aromatic N) is 1. The number of benzene rings is 2. The van der Waals surface area contributed by atoms with Gasteiger partial charge in [0.1, 0.15) is 5.56 Å². The van der Waals surface area contributed by atoms with E-state index in [9.17, 15) is 14.4 Å². The van der Waals surface area contributed by atoms with Gasteiger partial charge in [0, 0.05) is 23.3 Å². The molecule has 0 aliphatic carbocycles. The summed E-state index contributed by atoms with van der Waals surface area (Å²) >= 11 is 0. The van der Waals surface area contributed by atoms with Crippen LogP contribution in [-0.2, 0) is 11.2 Å². The van der Waals surface area contributed by atoms with E-state index in [1.807, 2.05) is 16.7 Å². The molecule has 0 unspecified atom stereocenters. The van der Waals surface area contributed by atoms with Crippen LogP contribution in [0.25, 0.3) is 10.9 Å². The highest BCUT2D eigenvalue weighted by molar-refractivity contribution is 6.06. The van der Waals surface area contributed by atoms with Crippen LogP contribution in [0.15, 0.2) is 53.5 Å². The number of carbonyl (C=O) groups excluding carboxylic acids is 2. The van der Waals surface area contributed by atoms with Gasteiger partial charge in [-0.2, -0.15) is 0 Å². The molecule has 1 N–H and O–H groups in total. The Morgan fingerprint density at radius 1 is 1.18 bits per heavy atom. The summed E-state index contributed by atoms with van der Waals surface area (Å²) in [5, 5.41) is 3.30. The SMILES string of the molecule is CCOC(=O)c1ccc(NC(=O)c2cn3c4c(cccc4c2=O)C[C@@H]3C)cc1. The van der Waals surface area contributed by atoms with Crippen LogP contribution in [0.5, 0.6) is 0 Å². The zero-order valence-electron chi connectivity index (χ0n) is 15.7. The molecule has 1 aliphatic heterocycles. The standard InChI is InChI=1S/C22H20N2O4/c1-3-28-22(27)14-7-9-16(10-8-14)23-21(26)18-12-24-13(2)11-15-5-4-6-17(19(15)24)20(18)25/h4-10,12-13H,3,11H2,1-2H3,(H,23,26)/t13-/m0/s1. The Morgan fingerprint density at radius 3 is 2.64 bits per heavy atom. The molecule has 1 atom stereocenters. The number of pyridine rings is 1. The lowest BCUT2D eigenvalue weighted by atomic mass is 10.1. The second kappa shape index (κ2) is 6.96. The van der Waals surface area contributed by atoms with Crippen molar-refractivity contribution in [1.29, 1.82) is 0 Å². The molecule has 0 bridgehead atoms. The Labute approximate surface area is 161 Å². The number of nitrogens with one attached hydrogen (secondary N) is 1. The number of rotatable bonds is 4. The maximum atomic E-state index is 12.9. The number of anilines is 1. The topological polar surface area (TPSA) is 77.4 Å². The van der Waals surface area contributed by atoms with E-state index in [0.717, 1.165) is 17.5 Å². The molecule has 2 aromatic carbocycles. The first-order valence-electron chi connectivity index (χ1n) is 9.25. The van der Waals surface area contributed by atoms with Gasteiger partial charge in [-0.25, -0.2) is 4.79 Å². The highest BCUT2D eigenvalue weighted by Crippen LogP contribution is 2.31. The van der Waals surface area contributed by atoms with Crippen LogP contribution >= 0.6 is 0 Å². The van der Waals surface area contributed by atoms with Crippen molar-refractivity contribution >= 4 is 28.5 Å². The average Bonchev–Trinajstić information content (AvgIpc) is 3.01. The predicted molar refractivity (Wildman–Crippen MR) is 107 cm³/mol. The van der Waals surface area contributed by atoms with Gasteiger partial charge in [0.25, 0.3) is 5.91 Å². The Kier molecular flexibility index (Phi) is 4.47. The zero-order chi connectivity index (χ0) is 19.8. The number of esters is 1. The van der Waals surface area contributed by atoms with E-state index in [2.05, 4.69) is 12.2 Å². The molecular formula is C22H20N2O4. The van der Waals surface area contributed by atoms with E-state index in [-0.39, 0.29) is 17.0 Å². The first-order valence-corrected chi connectivity index (χ1v) is 9.25. The molecule has 142 valence electrons. The monoisotopic (exact) mass is 376 g/mol. The summed E-state index contributed by atoms with van der Waals surface area (Å²) in [5.41, 5.74) is 2.77. The van der Waals surface area contributed by atoms with E-state index in [4.69, 9.17) is 4.74 Å². The molecule has 3 aromatic rings. The minimum Gasteiger partial charge on any atom is -0.462 e. The van der Waals surface area contributed by atoms with Crippen molar-refractivity contribution in [3.8, 4) is 0 Å². The van der Waals surface area contributed by atoms with Crippen LogP contribution in [0.3, 0.4) is 0 Å². The smallest absolute Gasteiger partial charge is 0.338 e. The summed E-state index contributed by atoms with van der Waals surface area (Å²) in [7, 11) is 0. The fourth-order valence-electron chi connectivity index (χ4n) is 3.68. The summed E-state index contributed by atoms with van der Waals surface area (Å²) in [4.78, 5) is 37.4. The Hall–Kier alpha value is -3.41. The van der Waals surface area contributed by atoms with Crippen molar-refractivity contribution in [3.05, 3.63) is 75.6 Å². The lowest BCUT2D eigenvalue weighted by Gasteiger charge is -2.13. The number of carbonyl (C=O) groups is 2. The Balaban J connectivity index is 1.65. The van der Waals surface area contributed by atoms with E-state index in [1.165, 1.54) is 0 Å². The van der Waals surface area contributed by atoms with Crippen LogP contribution in [-0.4, -0.2) is 23.1 Å². The highest BCUT2D eigenvalue weighted by Gasteiger charge is 2.24. The van der Waals surface area contributed by atoms with Crippen LogP contribution in [0, 0.1) is 0 Å². The van der Waals surface area contributed by atoms with E-state index in [0.29, 0.717) is 23.2 Å². The summed E-state index contributed by atoms with van der Waals surface area (Å²) in [5.74, 6) is -0.884. The summed E-state index contributed by atoms with van der Waals surface area (Å²) in [6.45, 7) is 4.11. The van der Waals surface area contributed by atoms with Gasteiger partial charge in [0.2, 0.25) is 5.43 Å². The summed E-state index contributed by atoms with van der Waals surface area (Å²) in [6.07, 6.45) is 2.49. The van der Waals surface area contributed by atoms with Gasteiger partial charge >= 0.3 is 5.97 Å². The minimum atomic E-state index is -0.468. The zero-order valence-corrected chi connectivity index (χ0v) is 15.7. The quantitative estimate of drug-likeness (QED) is 0.707. The molecule has 1 aromatic heterocycles. The maximum Gasteiger partial charge on any atom is 0.338 e. The van der Waals surface area contributed by atoms with Crippen molar-refractivity contribution in [2.75, 3.05) is 11.9 Å². The van der Waals surface area contributed by atoms with E-state index < -0.39 is 11.9 Å². The van der Waals surface area contributed by atoms with Crippen LogP contribution in [0.1, 0.15) is 46.2 Å². The molecule has 28 heavy (non-hydrogen) atoms. The number of hydrogen-bond donors (Lipinski definition) is 1. The van der Waals surface area contributed by atoms with Gasteiger partial charge in [0.15, 0.2) is 0 Å². The second-order valence-electron chi connectivity index (χ2n) is 6.90.